The average molecular weight is 561 g/mol. The van der Waals surface area contributed by atoms with Crippen LogP contribution in [0.1, 0.15) is 58.6 Å². The summed E-state index contributed by atoms with van der Waals surface area (Å²) in [5, 5.41) is 22.7. The molecule has 1 aromatic carbocycles. The quantitative estimate of drug-likeness (QED) is 0.374. The highest BCUT2D eigenvalue weighted by Gasteiger charge is 2.34. The van der Waals surface area contributed by atoms with Gasteiger partial charge < -0.3 is 20.1 Å². The highest BCUT2D eigenvalue weighted by atomic mass is 32.1. The van der Waals surface area contributed by atoms with Crippen LogP contribution in [-0.4, -0.2) is 37.2 Å². The Morgan fingerprint density at radius 3 is 2.73 bits per heavy atom. The Hall–Kier alpha value is -3.80. The number of carbonyl (C=O) groups excluding carboxylic acids is 1. The number of aliphatic hydroxyl groups is 1. The van der Waals surface area contributed by atoms with Gasteiger partial charge in [-0.1, -0.05) is 32.9 Å². The Bertz CT molecular complexity index is 1660. The summed E-state index contributed by atoms with van der Waals surface area (Å²) < 4.78 is 8.77. The molecular formula is C29H32N6O4S. The largest absolute Gasteiger partial charge is 0.392 e. The molecule has 0 atom stereocenters. The topological polar surface area (TPSA) is 115 Å². The molecule has 11 heteroatoms. The molecule has 2 aliphatic heterocycles. The van der Waals surface area contributed by atoms with E-state index in [4.69, 9.17) is 4.74 Å². The summed E-state index contributed by atoms with van der Waals surface area (Å²) in [6.45, 7) is 8.50. The van der Waals surface area contributed by atoms with Gasteiger partial charge in [-0.2, -0.15) is 10.2 Å². The maximum atomic E-state index is 13.5. The standard InChI is InChI=1S/C29H32N6O4S/c1-29(2,3)24-11-17-14-34(28(38)26(17)40-24)23-8-5-7-19(20(23)15-36)21-13-22(27(37)33(4)31-21)30-25-12-18-16-39-10-6-9-35(18)32-25/h5,7-8,11-13,36H,6,9-10,14-16H2,1-4H3,(H,30,32). The molecule has 0 radical (unpaired) electrons. The van der Waals surface area contributed by atoms with Crippen LogP contribution in [0.4, 0.5) is 17.2 Å². The summed E-state index contributed by atoms with van der Waals surface area (Å²) in [6, 6.07) is 11.2. The third-order valence-corrected chi connectivity index (χ3v) is 8.88. The maximum absolute atomic E-state index is 13.5. The van der Waals surface area contributed by atoms with Crippen molar-refractivity contribution in [2.24, 2.45) is 7.05 Å². The minimum Gasteiger partial charge on any atom is -0.392 e. The summed E-state index contributed by atoms with van der Waals surface area (Å²) in [4.78, 5) is 30.1. The van der Waals surface area contributed by atoms with Crippen molar-refractivity contribution in [2.45, 2.75) is 58.9 Å². The highest BCUT2D eigenvalue weighted by molar-refractivity contribution is 7.14. The van der Waals surface area contributed by atoms with E-state index in [9.17, 15) is 14.7 Å². The summed E-state index contributed by atoms with van der Waals surface area (Å²) in [5.74, 6) is 0.482. The van der Waals surface area contributed by atoms with Crippen molar-refractivity contribution in [1.29, 1.82) is 0 Å². The first-order valence-electron chi connectivity index (χ1n) is 13.3. The molecule has 4 aromatic rings. The van der Waals surface area contributed by atoms with Gasteiger partial charge in [-0.05, 0) is 35.6 Å². The third kappa shape index (κ3) is 4.63. The van der Waals surface area contributed by atoms with Crippen LogP contribution in [0.15, 0.2) is 41.2 Å². The lowest BCUT2D eigenvalue weighted by Crippen LogP contribution is -2.25. The summed E-state index contributed by atoms with van der Waals surface area (Å²) in [7, 11) is 1.59. The van der Waals surface area contributed by atoms with E-state index in [1.807, 2.05) is 28.9 Å². The van der Waals surface area contributed by atoms with Gasteiger partial charge in [-0.3, -0.25) is 14.3 Å². The van der Waals surface area contributed by atoms with Crippen LogP contribution in [0, 0.1) is 0 Å². The Kier molecular flexibility index (Phi) is 6.60. The SMILES string of the molecule is Cn1nc(-c2cccc(N3Cc4cc(C(C)(C)C)sc4C3=O)c2CO)cc(Nc2cc3n(n2)CCCOC3)c1=O. The monoisotopic (exact) mass is 560 g/mol. The van der Waals surface area contributed by atoms with Crippen LogP contribution in [0.5, 0.6) is 0 Å². The third-order valence-electron chi connectivity index (χ3n) is 7.29. The molecule has 6 rings (SSSR count). The second kappa shape index (κ2) is 9.99. The van der Waals surface area contributed by atoms with E-state index in [-0.39, 0.29) is 23.5 Å². The number of ether oxygens (including phenoxy) is 1. The number of thiophene rings is 1. The molecule has 2 N–H and O–H groups in total. The molecule has 208 valence electrons. The molecule has 0 unspecified atom stereocenters. The molecule has 2 aliphatic rings. The van der Waals surface area contributed by atoms with Crippen molar-refractivity contribution in [3.63, 3.8) is 0 Å². The number of benzene rings is 1. The van der Waals surface area contributed by atoms with Crippen LogP contribution >= 0.6 is 11.3 Å². The van der Waals surface area contributed by atoms with Crippen LogP contribution in [0.3, 0.4) is 0 Å². The smallest absolute Gasteiger partial charge is 0.290 e. The number of aryl methyl sites for hydroxylation is 2. The number of nitrogens with zero attached hydrogens (tertiary/aromatic N) is 5. The summed E-state index contributed by atoms with van der Waals surface area (Å²) >= 11 is 1.54. The van der Waals surface area contributed by atoms with Crippen molar-refractivity contribution in [2.75, 3.05) is 16.8 Å². The fraction of sp³-hybridized carbons (Fsp3) is 0.379. The number of nitrogens with one attached hydrogen (secondary N) is 1. The van der Waals surface area contributed by atoms with E-state index in [0.717, 1.165) is 29.1 Å². The Balaban J connectivity index is 1.35. The van der Waals surface area contributed by atoms with Crippen molar-refractivity contribution in [3.8, 4) is 11.3 Å². The molecule has 40 heavy (non-hydrogen) atoms. The first kappa shape index (κ1) is 26.4. The highest BCUT2D eigenvalue weighted by Crippen LogP contribution is 2.41. The molecule has 0 fully saturated rings. The molecule has 0 bridgehead atoms. The minimum absolute atomic E-state index is 0.0278. The van der Waals surface area contributed by atoms with Crippen molar-refractivity contribution >= 4 is 34.4 Å². The summed E-state index contributed by atoms with van der Waals surface area (Å²) in [6.07, 6.45) is 0.875. The van der Waals surface area contributed by atoms with Gasteiger partial charge in [0.2, 0.25) is 0 Å². The van der Waals surface area contributed by atoms with Crippen molar-refractivity contribution in [1.82, 2.24) is 19.6 Å². The normalized spacial score (nSPS) is 15.2. The first-order chi connectivity index (χ1) is 19.1. The molecule has 0 spiro atoms. The Morgan fingerprint density at radius 1 is 1.15 bits per heavy atom. The number of carbonyl (C=O) groups is 1. The molecular weight excluding hydrogens is 528 g/mol. The van der Waals surface area contributed by atoms with E-state index in [1.54, 1.807) is 18.0 Å². The van der Waals surface area contributed by atoms with Crippen LogP contribution in [0.2, 0.25) is 0 Å². The number of anilines is 3. The van der Waals surface area contributed by atoms with E-state index in [1.165, 1.54) is 20.9 Å². The van der Waals surface area contributed by atoms with E-state index < -0.39 is 0 Å². The zero-order chi connectivity index (χ0) is 28.2. The second-order valence-corrected chi connectivity index (χ2v) is 12.3. The fourth-order valence-electron chi connectivity index (χ4n) is 5.18. The van der Waals surface area contributed by atoms with Gasteiger partial charge in [0.1, 0.15) is 5.69 Å². The van der Waals surface area contributed by atoms with Gasteiger partial charge in [0, 0.05) is 42.3 Å². The van der Waals surface area contributed by atoms with E-state index >= 15 is 0 Å². The Labute approximate surface area is 235 Å². The number of aromatic nitrogens is 4. The van der Waals surface area contributed by atoms with Crippen molar-refractivity contribution < 1.29 is 14.6 Å². The van der Waals surface area contributed by atoms with Gasteiger partial charge in [-0.15, -0.1) is 11.3 Å². The average Bonchev–Trinajstić information content (AvgIpc) is 3.55. The maximum Gasteiger partial charge on any atom is 0.290 e. The first-order valence-corrected chi connectivity index (χ1v) is 14.1. The molecule has 0 aliphatic carbocycles. The van der Waals surface area contributed by atoms with Crippen LogP contribution < -0.4 is 15.8 Å². The van der Waals surface area contributed by atoms with Gasteiger partial charge in [-0.25, -0.2) is 4.68 Å². The lowest BCUT2D eigenvalue weighted by atomic mass is 9.94. The number of aliphatic hydroxyl groups excluding tert-OH is 1. The molecule has 0 saturated carbocycles. The molecule has 5 heterocycles. The van der Waals surface area contributed by atoms with Gasteiger partial charge >= 0.3 is 0 Å². The predicted molar refractivity (Wildman–Crippen MR) is 154 cm³/mol. The molecule has 10 nitrogen and oxygen atoms in total. The number of fused-ring (bicyclic) bond motifs is 2. The number of amides is 1. The Morgan fingerprint density at radius 2 is 1.98 bits per heavy atom. The van der Waals surface area contributed by atoms with Gasteiger partial charge in [0.25, 0.3) is 11.5 Å². The zero-order valence-electron chi connectivity index (χ0n) is 23.0. The van der Waals surface area contributed by atoms with E-state index in [0.29, 0.717) is 53.8 Å². The minimum atomic E-state index is -0.307. The lowest BCUT2D eigenvalue weighted by molar-refractivity contribution is 0.0999. The second-order valence-electron chi connectivity index (χ2n) is 11.2. The number of hydrogen-bond acceptors (Lipinski definition) is 8. The predicted octanol–water partition coefficient (Wildman–Crippen LogP) is 4.32. The van der Waals surface area contributed by atoms with Crippen LogP contribution in [0.25, 0.3) is 11.3 Å². The van der Waals surface area contributed by atoms with Crippen molar-refractivity contribution in [3.05, 3.63) is 73.3 Å². The zero-order valence-corrected chi connectivity index (χ0v) is 23.8. The molecule has 0 saturated heterocycles. The van der Waals surface area contributed by atoms with Gasteiger partial charge in [0.05, 0.1) is 41.7 Å². The lowest BCUT2D eigenvalue weighted by Gasteiger charge is -2.22. The number of hydrogen-bond donors (Lipinski definition) is 2. The van der Waals surface area contributed by atoms with Crippen LogP contribution in [-0.2, 0) is 43.5 Å². The fourth-order valence-corrected chi connectivity index (χ4v) is 6.36. The number of rotatable bonds is 5. The van der Waals surface area contributed by atoms with Gasteiger partial charge in [0.15, 0.2) is 5.82 Å². The van der Waals surface area contributed by atoms with E-state index in [2.05, 4.69) is 42.4 Å². The summed E-state index contributed by atoms with van der Waals surface area (Å²) in [5.41, 5.74) is 4.27. The molecule has 1 amide bonds. The molecule has 3 aromatic heterocycles.